The lowest BCUT2D eigenvalue weighted by Crippen LogP contribution is -2.30. The monoisotopic (exact) mass is 181 g/mol. The summed E-state index contributed by atoms with van der Waals surface area (Å²) >= 11 is 0. The summed E-state index contributed by atoms with van der Waals surface area (Å²) in [6.45, 7) is 0. The first-order chi connectivity index (χ1) is 6.30. The first kappa shape index (κ1) is 8.25. The minimum atomic E-state index is 0.535. The molecule has 0 N–H and O–H groups in total. The molecule has 2 nitrogen and oxygen atoms in total. The van der Waals surface area contributed by atoms with Crippen molar-refractivity contribution in [1.29, 1.82) is 0 Å². The molecule has 3 rings (SSSR count). The Hall–Kier alpha value is -0.0800. The highest BCUT2D eigenvalue weighted by atomic mass is 16.5. The van der Waals surface area contributed by atoms with Crippen molar-refractivity contribution in [2.45, 2.75) is 49.8 Å². The summed E-state index contributed by atoms with van der Waals surface area (Å²) in [5.41, 5.74) is 0.596. The third-order valence-corrected chi connectivity index (χ3v) is 4.78. The molecule has 0 bridgehead atoms. The lowest BCUT2D eigenvalue weighted by Gasteiger charge is -2.29. The van der Waals surface area contributed by atoms with Crippen molar-refractivity contribution < 1.29 is 4.74 Å². The zero-order valence-electron chi connectivity index (χ0n) is 8.62. The lowest BCUT2D eigenvalue weighted by molar-refractivity contribution is 0.0747. The van der Waals surface area contributed by atoms with E-state index in [0.717, 1.165) is 12.0 Å². The van der Waals surface area contributed by atoms with E-state index in [1.807, 2.05) is 7.11 Å². The Balaban J connectivity index is 1.87. The number of ether oxygens (including phenoxy) is 1. The summed E-state index contributed by atoms with van der Waals surface area (Å²) in [6, 6.07) is 0.766. The van der Waals surface area contributed by atoms with Gasteiger partial charge in [-0.3, -0.25) is 4.90 Å². The van der Waals surface area contributed by atoms with Gasteiger partial charge in [0, 0.05) is 12.6 Å². The average Bonchev–Trinajstić information content (AvgIpc) is 2.63. The number of hydrogen-bond acceptors (Lipinski definition) is 2. The third-order valence-electron chi connectivity index (χ3n) is 4.78. The largest absolute Gasteiger partial charge is 0.380 e. The molecule has 0 aromatic heterocycles. The number of methoxy groups -OCH3 is 1. The highest BCUT2D eigenvalue weighted by molar-refractivity contribution is 5.27. The van der Waals surface area contributed by atoms with Crippen LogP contribution in [0.3, 0.4) is 0 Å². The van der Waals surface area contributed by atoms with Gasteiger partial charge in [0.05, 0.1) is 12.1 Å². The fourth-order valence-corrected chi connectivity index (χ4v) is 4.15. The van der Waals surface area contributed by atoms with Gasteiger partial charge in [0.2, 0.25) is 0 Å². The van der Waals surface area contributed by atoms with Gasteiger partial charge in [-0.2, -0.15) is 0 Å². The van der Waals surface area contributed by atoms with Crippen molar-refractivity contribution in [2.24, 2.45) is 5.92 Å². The smallest absolute Gasteiger partial charge is 0.0748 e. The molecular weight excluding hydrogens is 162 g/mol. The van der Waals surface area contributed by atoms with Crippen molar-refractivity contribution in [3.05, 3.63) is 0 Å². The molecular formula is C11H19NO. The van der Waals surface area contributed by atoms with E-state index < -0.39 is 0 Å². The van der Waals surface area contributed by atoms with Crippen molar-refractivity contribution in [2.75, 3.05) is 14.2 Å². The van der Waals surface area contributed by atoms with Crippen LogP contribution < -0.4 is 0 Å². The molecule has 2 saturated carbocycles. The van der Waals surface area contributed by atoms with Crippen LogP contribution in [-0.4, -0.2) is 36.7 Å². The molecule has 1 aliphatic heterocycles. The molecule has 0 aromatic rings. The van der Waals surface area contributed by atoms with Crippen LogP contribution in [0.4, 0.5) is 0 Å². The summed E-state index contributed by atoms with van der Waals surface area (Å²) in [5.74, 6) is 0.946. The first-order valence-corrected chi connectivity index (χ1v) is 5.56. The number of hydrogen-bond donors (Lipinski definition) is 0. The van der Waals surface area contributed by atoms with Gasteiger partial charge in [0.25, 0.3) is 0 Å². The number of likely N-dealkylation sites (tertiary alicyclic amines) is 1. The Morgan fingerprint density at radius 1 is 1.38 bits per heavy atom. The van der Waals surface area contributed by atoms with E-state index in [-0.39, 0.29) is 0 Å². The Labute approximate surface area is 80.2 Å². The number of nitrogens with zero attached hydrogens (tertiary/aromatic N) is 1. The van der Waals surface area contributed by atoms with Crippen molar-refractivity contribution in [3.63, 3.8) is 0 Å². The van der Waals surface area contributed by atoms with Gasteiger partial charge in [-0.05, 0) is 32.2 Å². The molecule has 1 spiro atoms. The standard InChI is InChI=1S/C11H19NO/c1-12-10-9(13-2)7-8-5-3-4-6-11(8,10)12/h8-10H,3-7H2,1-2H3. The maximum absolute atomic E-state index is 5.58. The zero-order valence-corrected chi connectivity index (χ0v) is 8.62. The van der Waals surface area contributed by atoms with Crippen molar-refractivity contribution in [1.82, 2.24) is 4.90 Å². The third kappa shape index (κ3) is 0.816. The van der Waals surface area contributed by atoms with Crippen LogP contribution in [0.1, 0.15) is 32.1 Å². The van der Waals surface area contributed by atoms with Crippen LogP contribution in [-0.2, 0) is 4.74 Å². The van der Waals surface area contributed by atoms with Gasteiger partial charge in [-0.15, -0.1) is 0 Å². The maximum atomic E-state index is 5.58. The molecule has 0 amide bonds. The van der Waals surface area contributed by atoms with E-state index in [2.05, 4.69) is 11.9 Å². The van der Waals surface area contributed by atoms with E-state index in [9.17, 15) is 0 Å². The van der Waals surface area contributed by atoms with E-state index in [1.54, 1.807) is 0 Å². The van der Waals surface area contributed by atoms with Gasteiger partial charge in [0.15, 0.2) is 0 Å². The highest BCUT2D eigenvalue weighted by Crippen LogP contribution is 2.61. The molecule has 0 aromatic carbocycles. The minimum Gasteiger partial charge on any atom is -0.380 e. The maximum Gasteiger partial charge on any atom is 0.0748 e. The number of rotatable bonds is 1. The van der Waals surface area contributed by atoms with E-state index >= 15 is 0 Å². The zero-order chi connectivity index (χ0) is 9.05. The molecule has 13 heavy (non-hydrogen) atoms. The average molecular weight is 181 g/mol. The van der Waals surface area contributed by atoms with Crippen molar-refractivity contribution in [3.8, 4) is 0 Å². The van der Waals surface area contributed by atoms with Crippen LogP contribution in [0.15, 0.2) is 0 Å². The predicted octanol–water partition coefficient (Wildman–Crippen LogP) is 1.65. The minimum absolute atomic E-state index is 0.535. The van der Waals surface area contributed by atoms with E-state index in [0.29, 0.717) is 11.6 Å². The second-order valence-corrected chi connectivity index (χ2v) is 5.00. The Morgan fingerprint density at radius 2 is 2.23 bits per heavy atom. The van der Waals surface area contributed by atoms with Crippen LogP contribution in [0.5, 0.6) is 0 Å². The second-order valence-electron chi connectivity index (χ2n) is 5.00. The summed E-state index contributed by atoms with van der Waals surface area (Å²) in [4.78, 5) is 2.58. The van der Waals surface area contributed by atoms with Gasteiger partial charge < -0.3 is 4.74 Å². The fraction of sp³-hybridized carbons (Fsp3) is 1.00. The Morgan fingerprint density at radius 3 is 2.92 bits per heavy atom. The van der Waals surface area contributed by atoms with E-state index in [1.165, 1.54) is 32.1 Å². The normalized spacial score (nSPS) is 58.6. The highest BCUT2D eigenvalue weighted by Gasteiger charge is 2.71. The molecule has 0 radical (unpaired) electrons. The Kier molecular flexibility index (Phi) is 1.58. The lowest BCUT2D eigenvalue weighted by atomic mass is 9.80. The van der Waals surface area contributed by atoms with Crippen LogP contribution in [0.25, 0.3) is 0 Å². The second kappa shape index (κ2) is 2.48. The van der Waals surface area contributed by atoms with E-state index in [4.69, 9.17) is 4.74 Å². The topological polar surface area (TPSA) is 12.2 Å². The number of likely N-dealkylation sites (N-methyl/N-ethyl adjacent to an activating group) is 1. The Bertz CT molecular complexity index is 226. The molecule has 5 unspecified atom stereocenters. The quantitative estimate of drug-likeness (QED) is 0.570. The molecule has 74 valence electrons. The van der Waals surface area contributed by atoms with Crippen molar-refractivity contribution >= 4 is 0 Å². The first-order valence-electron chi connectivity index (χ1n) is 5.56. The molecule has 2 heteroatoms. The summed E-state index contributed by atoms with van der Waals surface area (Å²) in [6.07, 6.45) is 7.62. The fourth-order valence-electron chi connectivity index (χ4n) is 4.15. The number of piperidine rings is 1. The van der Waals surface area contributed by atoms with Gasteiger partial charge in [-0.25, -0.2) is 0 Å². The molecule has 2 aliphatic carbocycles. The summed E-state index contributed by atoms with van der Waals surface area (Å²) in [5, 5.41) is 0. The predicted molar refractivity (Wildman–Crippen MR) is 51.7 cm³/mol. The van der Waals surface area contributed by atoms with Gasteiger partial charge >= 0.3 is 0 Å². The summed E-state index contributed by atoms with van der Waals surface area (Å²) in [7, 11) is 4.16. The van der Waals surface area contributed by atoms with Crippen LogP contribution >= 0.6 is 0 Å². The molecule has 1 saturated heterocycles. The molecule has 5 atom stereocenters. The SMILES string of the molecule is COC1CC2CCCCC23C1N3C. The summed E-state index contributed by atoms with van der Waals surface area (Å²) < 4.78 is 5.58. The van der Waals surface area contributed by atoms with Gasteiger partial charge in [-0.1, -0.05) is 12.8 Å². The van der Waals surface area contributed by atoms with Gasteiger partial charge in [0.1, 0.15) is 0 Å². The van der Waals surface area contributed by atoms with Crippen LogP contribution in [0.2, 0.25) is 0 Å². The molecule has 3 fully saturated rings. The van der Waals surface area contributed by atoms with Crippen LogP contribution in [0, 0.1) is 5.92 Å². The molecule has 1 heterocycles. The molecule has 3 aliphatic rings.